The number of rotatable bonds is 6. The number of hydrogen-bond acceptors (Lipinski definition) is 4. The number of amides is 2. The van der Waals surface area contributed by atoms with E-state index in [0.29, 0.717) is 17.7 Å². The van der Waals surface area contributed by atoms with Gasteiger partial charge in [-0.2, -0.15) is 0 Å². The van der Waals surface area contributed by atoms with Crippen molar-refractivity contribution in [3.8, 4) is 0 Å². The van der Waals surface area contributed by atoms with Crippen LogP contribution in [0.5, 0.6) is 0 Å². The van der Waals surface area contributed by atoms with Gasteiger partial charge < -0.3 is 0 Å². The van der Waals surface area contributed by atoms with Gasteiger partial charge in [0, 0.05) is 6.54 Å². The van der Waals surface area contributed by atoms with Crippen LogP contribution >= 0.6 is 27.7 Å². The zero-order chi connectivity index (χ0) is 16.2. The van der Waals surface area contributed by atoms with Crippen LogP contribution in [0.3, 0.4) is 0 Å². The molecular weight excluding hydrogens is 376 g/mol. The molecule has 0 saturated heterocycles. The number of carbonyl (C=O) groups excluding carboxylic acids is 2. The van der Waals surface area contributed by atoms with Crippen molar-refractivity contribution in [1.82, 2.24) is 9.88 Å². The Morgan fingerprint density at radius 2 is 1.65 bits per heavy atom. The van der Waals surface area contributed by atoms with E-state index >= 15 is 0 Å². The third-order valence-electron chi connectivity index (χ3n) is 3.59. The molecule has 2 aromatic rings. The number of halogens is 1. The van der Waals surface area contributed by atoms with E-state index in [4.69, 9.17) is 0 Å². The molecule has 0 radical (unpaired) electrons. The first kappa shape index (κ1) is 16.2. The Morgan fingerprint density at radius 3 is 2.30 bits per heavy atom. The van der Waals surface area contributed by atoms with Crippen molar-refractivity contribution in [2.24, 2.45) is 0 Å². The fraction of sp³-hybridized carbons (Fsp3) is 0.235. The first-order valence-corrected chi connectivity index (χ1v) is 9.15. The zero-order valence-corrected chi connectivity index (χ0v) is 14.8. The van der Waals surface area contributed by atoms with E-state index in [2.05, 4.69) is 20.9 Å². The van der Waals surface area contributed by atoms with Crippen molar-refractivity contribution >= 4 is 39.5 Å². The molecule has 2 heterocycles. The molecule has 4 nitrogen and oxygen atoms in total. The van der Waals surface area contributed by atoms with Crippen LogP contribution in [0.15, 0.2) is 52.1 Å². The highest BCUT2D eigenvalue weighted by atomic mass is 79.9. The van der Waals surface area contributed by atoms with Gasteiger partial charge in [0.25, 0.3) is 11.8 Å². The van der Waals surface area contributed by atoms with Crippen LogP contribution in [-0.4, -0.2) is 34.0 Å². The highest BCUT2D eigenvalue weighted by Gasteiger charge is 2.34. The quantitative estimate of drug-likeness (QED) is 0.323. The first-order chi connectivity index (χ1) is 11.2. The minimum absolute atomic E-state index is 0.174. The van der Waals surface area contributed by atoms with Crippen LogP contribution in [0.2, 0.25) is 0 Å². The van der Waals surface area contributed by atoms with Gasteiger partial charge in [-0.25, -0.2) is 4.98 Å². The summed E-state index contributed by atoms with van der Waals surface area (Å²) >= 11 is 5.03. The maximum atomic E-state index is 12.2. The lowest BCUT2D eigenvalue weighted by molar-refractivity contribution is 0.0652. The Hall–Kier alpha value is -1.66. The fourth-order valence-corrected chi connectivity index (χ4v) is 3.82. The number of thioether (sulfide) groups is 1. The van der Waals surface area contributed by atoms with Crippen LogP contribution in [0.25, 0.3) is 0 Å². The Kier molecular flexibility index (Phi) is 5.13. The molecule has 1 aliphatic rings. The topological polar surface area (TPSA) is 50.3 Å². The Balaban J connectivity index is 1.47. The largest absolute Gasteiger partial charge is 0.274 e. The molecule has 0 aliphatic carbocycles. The van der Waals surface area contributed by atoms with Gasteiger partial charge in [0.1, 0.15) is 4.60 Å². The fourth-order valence-electron chi connectivity index (χ4n) is 2.46. The summed E-state index contributed by atoms with van der Waals surface area (Å²) in [5.41, 5.74) is 1.04. The molecule has 1 aliphatic heterocycles. The maximum Gasteiger partial charge on any atom is 0.261 e. The molecule has 0 N–H and O–H groups in total. The van der Waals surface area contributed by atoms with Gasteiger partial charge in [-0.1, -0.05) is 18.2 Å². The Morgan fingerprint density at radius 1 is 0.957 bits per heavy atom. The van der Waals surface area contributed by atoms with E-state index in [9.17, 15) is 9.59 Å². The lowest BCUT2D eigenvalue weighted by atomic mass is 10.1. The van der Waals surface area contributed by atoms with Crippen LogP contribution < -0.4 is 0 Å². The SMILES string of the molecule is O=C1c2ccccc2C(=O)N1CCCCSc1cccc(Br)n1. The molecule has 0 fully saturated rings. The van der Waals surface area contributed by atoms with Crippen molar-refractivity contribution < 1.29 is 9.59 Å². The zero-order valence-electron chi connectivity index (χ0n) is 12.4. The van der Waals surface area contributed by atoms with Crippen LogP contribution in [0, 0.1) is 0 Å². The number of unbranched alkanes of at least 4 members (excludes halogenated alkanes) is 1. The molecule has 23 heavy (non-hydrogen) atoms. The van der Waals surface area contributed by atoms with Crippen LogP contribution in [0.4, 0.5) is 0 Å². The van der Waals surface area contributed by atoms with Gasteiger partial charge >= 0.3 is 0 Å². The number of hydrogen-bond donors (Lipinski definition) is 0. The predicted octanol–water partition coefficient (Wildman–Crippen LogP) is 4.01. The number of benzene rings is 1. The number of nitrogens with zero attached hydrogens (tertiary/aromatic N) is 2. The molecule has 1 aromatic heterocycles. The van der Waals surface area contributed by atoms with E-state index in [1.807, 2.05) is 18.2 Å². The van der Waals surface area contributed by atoms with Crippen molar-refractivity contribution in [3.05, 3.63) is 58.2 Å². The standard InChI is InChI=1S/C17H15BrN2O2S/c18-14-8-5-9-15(19-14)23-11-4-3-10-20-16(21)12-6-1-2-7-13(12)17(20)22/h1-2,5-9H,3-4,10-11H2. The van der Waals surface area contributed by atoms with E-state index in [1.54, 1.807) is 36.0 Å². The molecule has 1 aromatic carbocycles. The summed E-state index contributed by atoms with van der Waals surface area (Å²) in [5, 5.41) is 0.972. The predicted molar refractivity (Wildman–Crippen MR) is 93.7 cm³/mol. The third kappa shape index (κ3) is 3.64. The van der Waals surface area contributed by atoms with Crippen molar-refractivity contribution in [2.45, 2.75) is 17.9 Å². The van der Waals surface area contributed by atoms with Gasteiger partial charge in [0.2, 0.25) is 0 Å². The summed E-state index contributed by atoms with van der Waals surface area (Å²) in [6.45, 7) is 0.471. The van der Waals surface area contributed by atoms with Crippen LogP contribution in [0.1, 0.15) is 33.6 Å². The van der Waals surface area contributed by atoms with Gasteiger partial charge in [-0.05, 0) is 58.8 Å². The molecule has 0 unspecified atom stereocenters. The van der Waals surface area contributed by atoms with E-state index < -0.39 is 0 Å². The summed E-state index contributed by atoms with van der Waals surface area (Å²) in [6, 6.07) is 12.8. The highest BCUT2D eigenvalue weighted by molar-refractivity contribution is 9.10. The maximum absolute atomic E-state index is 12.2. The molecule has 0 saturated carbocycles. The van der Waals surface area contributed by atoms with Gasteiger partial charge in [0.05, 0.1) is 16.2 Å². The number of carbonyl (C=O) groups is 2. The summed E-state index contributed by atoms with van der Waals surface area (Å²) in [4.78, 5) is 30.1. The molecule has 2 amide bonds. The monoisotopic (exact) mass is 390 g/mol. The molecule has 0 atom stereocenters. The molecule has 6 heteroatoms. The second kappa shape index (κ2) is 7.27. The van der Waals surface area contributed by atoms with E-state index in [0.717, 1.165) is 28.2 Å². The number of fused-ring (bicyclic) bond motifs is 1. The first-order valence-electron chi connectivity index (χ1n) is 7.37. The van der Waals surface area contributed by atoms with Gasteiger partial charge in [-0.15, -0.1) is 11.8 Å². The average Bonchev–Trinajstić information content (AvgIpc) is 2.80. The summed E-state index contributed by atoms with van der Waals surface area (Å²) in [7, 11) is 0. The molecule has 0 bridgehead atoms. The highest BCUT2D eigenvalue weighted by Crippen LogP contribution is 2.23. The smallest absolute Gasteiger partial charge is 0.261 e. The average molecular weight is 391 g/mol. The minimum Gasteiger partial charge on any atom is -0.274 e. The van der Waals surface area contributed by atoms with Gasteiger partial charge in [-0.3, -0.25) is 14.5 Å². The summed E-state index contributed by atoms with van der Waals surface area (Å²) < 4.78 is 0.827. The lowest BCUT2D eigenvalue weighted by Gasteiger charge is -2.13. The van der Waals surface area contributed by atoms with Crippen LogP contribution in [-0.2, 0) is 0 Å². The minimum atomic E-state index is -0.174. The van der Waals surface area contributed by atoms with E-state index in [-0.39, 0.29) is 11.8 Å². The molecular formula is C17H15BrN2O2S. The number of pyridine rings is 1. The molecule has 3 rings (SSSR count). The third-order valence-corrected chi connectivity index (χ3v) is 5.05. The van der Waals surface area contributed by atoms with Crippen molar-refractivity contribution in [1.29, 1.82) is 0 Å². The number of imide groups is 1. The summed E-state index contributed by atoms with van der Waals surface area (Å²) in [5.74, 6) is 0.561. The number of aromatic nitrogens is 1. The molecule has 0 spiro atoms. The Labute approximate surface area is 147 Å². The molecule has 118 valence electrons. The Bertz CT molecular complexity index is 716. The van der Waals surface area contributed by atoms with Crippen molar-refractivity contribution in [2.75, 3.05) is 12.3 Å². The second-order valence-corrected chi connectivity index (χ2v) is 7.09. The second-order valence-electron chi connectivity index (χ2n) is 5.16. The normalized spacial score (nSPS) is 13.5. The van der Waals surface area contributed by atoms with Gasteiger partial charge in [0.15, 0.2) is 0 Å². The lowest BCUT2D eigenvalue weighted by Crippen LogP contribution is -2.30. The summed E-state index contributed by atoms with van der Waals surface area (Å²) in [6.07, 6.45) is 1.72. The van der Waals surface area contributed by atoms with E-state index in [1.165, 1.54) is 4.90 Å². The van der Waals surface area contributed by atoms with Crippen molar-refractivity contribution in [3.63, 3.8) is 0 Å².